The van der Waals surface area contributed by atoms with Gasteiger partial charge in [0.25, 0.3) is 5.91 Å². The molecule has 0 aromatic carbocycles. The number of nitrogens with two attached hydrogens (primary N) is 1. The Morgan fingerprint density at radius 3 is 2.76 bits per heavy atom. The minimum absolute atomic E-state index is 0.0132. The molecule has 1 fully saturated rings. The summed E-state index contributed by atoms with van der Waals surface area (Å²) in [7, 11) is 0. The molecular weight excluding hydrogens is 266 g/mol. The molecule has 1 amide bonds. The standard InChI is InChI=1S/C15H17N5O/c16-15-18-9-6-12(19-15)13-3-1-2-10-20(13)14(21)11-4-7-17-8-5-11/h4-9,13H,1-3,10H2,(H2,16,18,19). The maximum Gasteiger partial charge on any atom is 0.254 e. The van der Waals surface area contributed by atoms with Crippen LogP contribution in [-0.2, 0) is 0 Å². The summed E-state index contributed by atoms with van der Waals surface area (Å²) in [6.45, 7) is 0.732. The van der Waals surface area contributed by atoms with Crippen molar-refractivity contribution in [3.05, 3.63) is 48.0 Å². The van der Waals surface area contributed by atoms with Crippen LogP contribution in [0.5, 0.6) is 0 Å². The molecule has 1 aliphatic heterocycles. The van der Waals surface area contributed by atoms with E-state index in [0.29, 0.717) is 5.56 Å². The maximum absolute atomic E-state index is 12.7. The number of nitrogen functional groups attached to an aromatic ring is 1. The summed E-state index contributed by atoms with van der Waals surface area (Å²) in [5, 5.41) is 0. The third-order valence-corrected chi connectivity index (χ3v) is 3.73. The monoisotopic (exact) mass is 283 g/mol. The molecule has 3 rings (SSSR count). The first-order valence-electron chi connectivity index (χ1n) is 7.05. The van der Waals surface area contributed by atoms with Gasteiger partial charge in [-0.2, -0.15) is 0 Å². The number of rotatable bonds is 2. The second-order valence-corrected chi connectivity index (χ2v) is 5.09. The second-order valence-electron chi connectivity index (χ2n) is 5.09. The Hall–Kier alpha value is -2.50. The van der Waals surface area contributed by atoms with Crippen LogP contribution in [0.25, 0.3) is 0 Å². The van der Waals surface area contributed by atoms with E-state index < -0.39 is 0 Å². The van der Waals surface area contributed by atoms with Crippen LogP contribution in [0.2, 0.25) is 0 Å². The van der Waals surface area contributed by atoms with Crippen molar-refractivity contribution in [1.29, 1.82) is 0 Å². The van der Waals surface area contributed by atoms with E-state index in [-0.39, 0.29) is 17.9 Å². The number of amides is 1. The Morgan fingerprint density at radius 1 is 1.19 bits per heavy atom. The first kappa shape index (κ1) is 13.5. The normalized spacial score (nSPS) is 18.5. The molecule has 6 heteroatoms. The quantitative estimate of drug-likeness (QED) is 0.908. The van der Waals surface area contributed by atoms with Crippen molar-refractivity contribution in [2.45, 2.75) is 25.3 Å². The van der Waals surface area contributed by atoms with Crippen LogP contribution >= 0.6 is 0 Å². The Morgan fingerprint density at radius 2 is 2.00 bits per heavy atom. The molecule has 108 valence electrons. The first-order valence-corrected chi connectivity index (χ1v) is 7.05. The molecule has 1 unspecified atom stereocenters. The predicted octanol–water partition coefficient (Wildman–Crippen LogP) is 1.82. The van der Waals surface area contributed by atoms with E-state index in [4.69, 9.17) is 5.73 Å². The van der Waals surface area contributed by atoms with E-state index in [1.165, 1.54) is 0 Å². The molecule has 0 radical (unpaired) electrons. The topological polar surface area (TPSA) is 85.0 Å². The highest BCUT2D eigenvalue weighted by atomic mass is 16.2. The van der Waals surface area contributed by atoms with Crippen LogP contribution in [-0.4, -0.2) is 32.3 Å². The van der Waals surface area contributed by atoms with Gasteiger partial charge in [-0.05, 0) is 37.5 Å². The lowest BCUT2D eigenvalue weighted by Crippen LogP contribution is -2.39. The van der Waals surface area contributed by atoms with E-state index in [1.807, 2.05) is 11.0 Å². The minimum atomic E-state index is -0.0373. The largest absolute Gasteiger partial charge is 0.368 e. The van der Waals surface area contributed by atoms with Crippen molar-refractivity contribution < 1.29 is 4.79 Å². The van der Waals surface area contributed by atoms with Gasteiger partial charge >= 0.3 is 0 Å². The summed E-state index contributed by atoms with van der Waals surface area (Å²) in [6.07, 6.45) is 7.89. The third kappa shape index (κ3) is 2.84. The maximum atomic E-state index is 12.7. The summed E-state index contributed by atoms with van der Waals surface area (Å²) in [5.74, 6) is 0.258. The van der Waals surface area contributed by atoms with E-state index in [9.17, 15) is 4.79 Å². The molecule has 21 heavy (non-hydrogen) atoms. The van der Waals surface area contributed by atoms with Gasteiger partial charge in [0.2, 0.25) is 5.95 Å². The molecular formula is C15H17N5O. The number of nitrogens with zero attached hydrogens (tertiary/aromatic N) is 4. The summed E-state index contributed by atoms with van der Waals surface area (Å²) in [6, 6.07) is 5.27. The summed E-state index contributed by atoms with van der Waals surface area (Å²) in [4.78, 5) is 26.7. The van der Waals surface area contributed by atoms with Crippen LogP contribution in [0, 0.1) is 0 Å². The average Bonchev–Trinajstić information content (AvgIpc) is 2.55. The summed E-state index contributed by atoms with van der Waals surface area (Å²) in [5.41, 5.74) is 7.13. The smallest absolute Gasteiger partial charge is 0.254 e. The van der Waals surface area contributed by atoms with E-state index in [1.54, 1.807) is 30.7 Å². The Bertz CT molecular complexity index is 631. The zero-order valence-electron chi connectivity index (χ0n) is 11.6. The number of piperidine rings is 1. The van der Waals surface area contributed by atoms with Crippen molar-refractivity contribution in [3.63, 3.8) is 0 Å². The molecule has 2 aromatic rings. The fourth-order valence-corrected chi connectivity index (χ4v) is 2.72. The van der Waals surface area contributed by atoms with Crippen molar-refractivity contribution in [1.82, 2.24) is 19.9 Å². The SMILES string of the molecule is Nc1nccc(C2CCCCN2C(=O)c2ccncc2)n1. The number of pyridine rings is 1. The van der Waals surface area contributed by atoms with Gasteiger partial charge in [0, 0.05) is 30.7 Å². The van der Waals surface area contributed by atoms with Crippen LogP contribution in [0.4, 0.5) is 5.95 Å². The average molecular weight is 283 g/mol. The molecule has 2 N–H and O–H groups in total. The fourth-order valence-electron chi connectivity index (χ4n) is 2.72. The lowest BCUT2D eigenvalue weighted by Gasteiger charge is -2.35. The minimum Gasteiger partial charge on any atom is -0.368 e. The molecule has 0 spiro atoms. The summed E-state index contributed by atoms with van der Waals surface area (Å²) >= 11 is 0. The zero-order chi connectivity index (χ0) is 14.7. The molecule has 1 saturated heterocycles. The Labute approximate surface area is 123 Å². The number of hydrogen-bond acceptors (Lipinski definition) is 5. The lowest BCUT2D eigenvalue weighted by molar-refractivity contribution is 0.0606. The molecule has 0 saturated carbocycles. The highest BCUT2D eigenvalue weighted by molar-refractivity contribution is 5.94. The second kappa shape index (κ2) is 5.87. The highest BCUT2D eigenvalue weighted by Crippen LogP contribution is 2.31. The predicted molar refractivity (Wildman–Crippen MR) is 78.3 cm³/mol. The third-order valence-electron chi connectivity index (χ3n) is 3.73. The van der Waals surface area contributed by atoms with Gasteiger partial charge in [-0.3, -0.25) is 9.78 Å². The number of likely N-dealkylation sites (tertiary alicyclic amines) is 1. The van der Waals surface area contributed by atoms with Crippen LogP contribution in [0.15, 0.2) is 36.8 Å². The van der Waals surface area contributed by atoms with Crippen LogP contribution in [0.3, 0.4) is 0 Å². The van der Waals surface area contributed by atoms with Gasteiger partial charge in [-0.25, -0.2) is 9.97 Å². The molecule has 1 aliphatic rings. The number of aromatic nitrogens is 3. The first-order chi connectivity index (χ1) is 10.3. The van der Waals surface area contributed by atoms with Crippen molar-refractivity contribution in [2.24, 2.45) is 0 Å². The van der Waals surface area contributed by atoms with E-state index in [0.717, 1.165) is 31.5 Å². The van der Waals surface area contributed by atoms with Crippen molar-refractivity contribution in [2.75, 3.05) is 12.3 Å². The van der Waals surface area contributed by atoms with Crippen LogP contribution in [0.1, 0.15) is 41.4 Å². The Balaban J connectivity index is 1.90. The molecule has 2 aromatic heterocycles. The molecule has 0 bridgehead atoms. The van der Waals surface area contributed by atoms with Crippen molar-refractivity contribution in [3.8, 4) is 0 Å². The van der Waals surface area contributed by atoms with E-state index in [2.05, 4.69) is 15.0 Å². The molecule has 6 nitrogen and oxygen atoms in total. The summed E-state index contributed by atoms with van der Waals surface area (Å²) < 4.78 is 0. The van der Waals surface area contributed by atoms with Gasteiger partial charge < -0.3 is 10.6 Å². The van der Waals surface area contributed by atoms with Crippen molar-refractivity contribution >= 4 is 11.9 Å². The van der Waals surface area contributed by atoms with Crippen LogP contribution < -0.4 is 5.73 Å². The fraction of sp³-hybridized carbons (Fsp3) is 0.333. The number of carbonyl (C=O) groups excluding carboxylic acids is 1. The highest BCUT2D eigenvalue weighted by Gasteiger charge is 2.29. The van der Waals surface area contributed by atoms with Gasteiger partial charge in [-0.1, -0.05) is 0 Å². The number of carbonyl (C=O) groups is 1. The molecule has 3 heterocycles. The molecule has 1 atom stereocenters. The van der Waals surface area contributed by atoms with E-state index >= 15 is 0 Å². The van der Waals surface area contributed by atoms with Gasteiger partial charge in [0.05, 0.1) is 11.7 Å². The van der Waals surface area contributed by atoms with Gasteiger partial charge in [0.1, 0.15) is 0 Å². The van der Waals surface area contributed by atoms with Gasteiger partial charge in [0.15, 0.2) is 0 Å². The zero-order valence-corrected chi connectivity index (χ0v) is 11.6. The van der Waals surface area contributed by atoms with Gasteiger partial charge in [-0.15, -0.1) is 0 Å². The lowest BCUT2D eigenvalue weighted by atomic mass is 9.98. The Kier molecular flexibility index (Phi) is 3.77. The number of hydrogen-bond donors (Lipinski definition) is 1. The number of anilines is 1. The molecule has 0 aliphatic carbocycles.